The molecule has 2 heteroatoms. The van der Waals surface area contributed by atoms with Gasteiger partial charge in [-0.15, -0.1) is 0 Å². The molecule has 0 saturated heterocycles. The van der Waals surface area contributed by atoms with Crippen LogP contribution in [-0.4, -0.2) is 5.78 Å². The van der Waals surface area contributed by atoms with E-state index >= 15 is 0 Å². The molecule has 1 aromatic rings. The zero-order valence-electron chi connectivity index (χ0n) is 7.51. The van der Waals surface area contributed by atoms with Crippen molar-refractivity contribution < 1.29 is 9.18 Å². The Morgan fingerprint density at radius 1 is 1.46 bits per heavy atom. The molecule has 0 aliphatic heterocycles. The van der Waals surface area contributed by atoms with E-state index < -0.39 is 0 Å². The van der Waals surface area contributed by atoms with Crippen LogP contribution in [0.15, 0.2) is 18.2 Å². The van der Waals surface area contributed by atoms with Crippen molar-refractivity contribution >= 4 is 5.78 Å². The van der Waals surface area contributed by atoms with Gasteiger partial charge in [-0.1, -0.05) is 6.07 Å². The van der Waals surface area contributed by atoms with Gasteiger partial charge < -0.3 is 0 Å². The van der Waals surface area contributed by atoms with Crippen LogP contribution in [-0.2, 0) is 4.79 Å². The smallest absolute Gasteiger partial charge is 0.140 e. The van der Waals surface area contributed by atoms with Crippen LogP contribution in [0.1, 0.15) is 29.9 Å². The summed E-state index contributed by atoms with van der Waals surface area (Å²) in [7, 11) is 0. The number of Topliss-reactive ketones (excluding diaryl/α,β-unsaturated/α-hetero) is 1. The van der Waals surface area contributed by atoms with Gasteiger partial charge in [-0.25, -0.2) is 4.39 Å². The average molecular weight is 178 g/mol. The number of carbonyl (C=O) groups is 1. The van der Waals surface area contributed by atoms with Crippen molar-refractivity contribution in [3.05, 3.63) is 35.1 Å². The van der Waals surface area contributed by atoms with Crippen LogP contribution in [0, 0.1) is 12.7 Å². The van der Waals surface area contributed by atoms with Crippen molar-refractivity contribution in [1.82, 2.24) is 0 Å². The van der Waals surface area contributed by atoms with Gasteiger partial charge in [0, 0.05) is 12.3 Å². The molecule has 1 aromatic carbocycles. The Morgan fingerprint density at radius 3 is 2.69 bits per heavy atom. The van der Waals surface area contributed by atoms with E-state index in [1.54, 1.807) is 6.07 Å². The third-order valence-electron chi connectivity index (χ3n) is 2.68. The van der Waals surface area contributed by atoms with Crippen molar-refractivity contribution in [3.63, 3.8) is 0 Å². The highest BCUT2D eigenvalue weighted by Gasteiger charge is 2.30. The molecule has 1 atom stereocenters. The molecule has 1 saturated carbocycles. The third kappa shape index (κ3) is 1.37. The quantitative estimate of drug-likeness (QED) is 0.646. The fourth-order valence-corrected chi connectivity index (χ4v) is 1.77. The highest BCUT2D eigenvalue weighted by atomic mass is 19.1. The summed E-state index contributed by atoms with van der Waals surface area (Å²) in [6.45, 7) is 1.85. The Morgan fingerprint density at radius 2 is 2.23 bits per heavy atom. The number of carbonyl (C=O) groups excluding carboxylic acids is 1. The minimum Gasteiger partial charge on any atom is -0.299 e. The molecule has 0 aromatic heterocycles. The second-order valence-electron chi connectivity index (χ2n) is 3.56. The molecule has 13 heavy (non-hydrogen) atoms. The molecule has 0 bridgehead atoms. The molecule has 1 aliphatic carbocycles. The fraction of sp³-hybridized carbons (Fsp3) is 0.364. The Bertz CT molecular complexity index is 357. The van der Waals surface area contributed by atoms with Gasteiger partial charge in [0.05, 0.1) is 0 Å². The Labute approximate surface area is 76.6 Å². The van der Waals surface area contributed by atoms with Crippen molar-refractivity contribution in [2.45, 2.75) is 25.7 Å². The second-order valence-corrected chi connectivity index (χ2v) is 3.56. The first-order valence-electron chi connectivity index (χ1n) is 4.47. The molecular weight excluding hydrogens is 167 g/mol. The zero-order valence-corrected chi connectivity index (χ0v) is 7.51. The van der Waals surface area contributed by atoms with Crippen LogP contribution < -0.4 is 0 Å². The number of hydrogen-bond donors (Lipinski definition) is 0. The average Bonchev–Trinajstić information content (AvgIpc) is 2.07. The molecule has 68 valence electrons. The molecule has 2 rings (SSSR count). The maximum absolute atomic E-state index is 12.7. The second kappa shape index (κ2) is 2.95. The van der Waals surface area contributed by atoms with Gasteiger partial charge in [-0.2, -0.15) is 0 Å². The lowest BCUT2D eigenvalue weighted by Gasteiger charge is -2.25. The number of halogens is 1. The van der Waals surface area contributed by atoms with E-state index in [1.807, 2.05) is 6.92 Å². The van der Waals surface area contributed by atoms with Crippen LogP contribution >= 0.6 is 0 Å². The third-order valence-corrected chi connectivity index (χ3v) is 2.68. The standard InChI is InChI=1S/C11H11FO/c1-7-6-8(12)2-3-9(7)10-4-5-11(10)13/h2-3,6,10H,4-5H2,1H3. The van der Waals surface area contributed by atoms with Gasteiger partial charge in [0.2, 0.25) is 0 Å². The molecule has 1 aliphatic rings. The van der Waals surface area contributed by atoms with E-state index in [2.05, 4.69) is 0 Å². The summed E-state index contributed by atoms with van der Waals surface area (Å²) in [6.07, 6.45) is 1.60. The molecule has 1 unspecified atom stereocenters. The number of aryl methyl sites for hydroxylation is 1. The number of ketones is 1. The normalized spacial score (nSPS) is 21.4. The maximum Gasteiger partial charge on any atom is 0.140 e. The monoisotopic (exact) mass is 178 g/mol. The first kappa shape index (κ1) is 8.42. The summed E-state index contributed by atoms with van der Waals surface area (Å²) in [5, 5.41) is 0. The lowest BCUT2D eigenvalue weighted by molar-refractivity contribution is -0.125. The summed E-state index contributed by atoms with van der Waals surface area (Å²) in [5.74, 6) is 0.100. The Balaban J connectivity index is 2.35. The predicted molar refractivity (Wildman–Crippen MR) is 48.1 cm³/mol. The van der Waals surface area contributed by atoms with Gasteiger partial charge in [-0.3, -0.25) is 4.79 Å². The van der Waals surface area contributed by atoms with Crippen LogP contribution in [0.3, 0.4) is 0 Å². The first-order valence-corrected chi connectivity index (χ1v) is 4.47. The van der Waals surface area contributed by atoms with Crippen LogP contribution in [0.2, 0.25) is 0 Å². The first-order chi connectivity index (χ1) is 6.18. The van der Waals surface area contributed by atoms with Gasteiger partial charge in [0.1, 0.15) is 11.6 Å². The molecule has 0 spiro atoms. The molecule has 0 heterocycles. The van der Waals surface area contributed by atoms with Gasteiger partial charge in [0.15, 0.2) is 0 Å². The molecule has 0 radical (unpaired) electrons. The molecule has 1 fully saturated rings. The topological polar surface area (TPSA) is 17.1 Å². The van der Waals surface area contributed by atoms with E-state index in [1.165, 1.54) is 12.1 Å². The number of rotatable bonds is 1. The van der Waals surface area contributed by atoms with Gasteiger partial charge >= 0.3 is 0 Å². The zero-order chi connectivity index (χ0) is 9.42. The fourth-order valence-electron chi connectivity index (χ4n) is 1.77. The van der Waals surface area contributed by atoms with Crippen LogP contribution in [0.25, 0.3) is 0 Å². The Hall–Kier alpha value is -1.18. The van der Waals surface area contributed by atoms with E-state index in [-0.39, 0.29) is 17.5 Å². The maximum atomic E-state index is 12.7. The van der Waals surface area contributed by atoms with Gasteiger partial charge in [-0.05, 0) is 36.6 Å². The molecular formula is C11H11FO. The lowest BCUT2D eigenvalue weighted by atomic mass is 9.77. The summed E-state index contributed by atoms with van der Waals surface area (Å²) < 4.78 is 12.7. The largest absolute Gasteiger partial charge is 0.299 e. The van der Waals surface area contributed by atoms with Gasteiger partial charge in [0.25, 0.3) is 0 Å². The van der Waals surface area contributed by atoms with Crippen molar-refractivity contribution in [1.29, 1.82) is 0 Å². The minimum atomic E-state index is -0.229. The summed E-state index contributed by atoms with van der Waals surface area (Å²) in [5.41, 5.74) is 1.88. The minimum absolute atomic E-state index is 0.0422. The van der Waals surface area contributed by atoms with E-state index in [4.69, 9.17) is 0 Å². The van der Waals surface area contributed by atoms with Crippen molar-refractivity contribution in [2.75, 3.05) is 0 Å². The van der Waals surface area contributed by atoms with E-state index in [0.29, 0.717) is 6.42 Å². The van der Waals surface area contributed by atoms with E-state index in [9.17, 15) is 9.18 Å². The molecule has 0 amide bonds. The highest BCUT2D eigenvalue weighted by Crippen LogP contribution is 2.34. The summed E-state index contributed by atoms with van der Waals surface area (Å²) >= 11 is 0. The van der Waals surface area contributed by atoms with E-state index in [0.717, 1.165) is 17.5 Å². The Kier molecular flexibility index (Phi) is 1.91. The predicted octanol–water partition coefficient (Wildman–Crippen LogP) is 2.58. The number of hydrogen-bond acceptors (Lipinski definition) is 1. The summed E-state index contributed by atoms with van der Waals surface area (Å²) in [6, 6.07) is 4.64. The van der Waals surface area contributed by atoms with Crippen molar-refractivity contribution in [3.8, 4) is 0 Å². The SMILES string of the molecule is Cc1cc(F)ccc1C1CCC1=O. The lowest BCUT2D eigenvalue weighted by Crippen LogP contribution is -2.23. The van der Waals surface area contributed by atoms with Crippen molar-refractivity contribution in [2.24, 2.45) is 0 Å². The number of benzene rings is 1. The van der Waals surface area contributed by atoms with Crippen LogP contribution in [0.4, 0.5) is 4.39 Å². The van der Waals surface area contributed by atoms with Crippen LogP contribution in [0.5, 0.6) is 0 Å². The highest BCUT2D eigenvalue weighted by molar-refractivity contribution is 5.91. The molecule has 0 N–H and O–H groups in total. The molecule has 1 nitrogen and oxygen atoms in total. The summed E-state index contributed by atoms with van der Waals surface area (Å²) in [4.78, 5) is 11.2.